The van der Waals surface area contributed by atoms with Crippen LogP contribution in [0.5, 0.6) is 5.75 Å². The number of carbonyl (C=O) groups is 1. The Morgan fingerprint density at radius 2 is 1.94 bits per heavy atom. The van der Waals surface area contributed by atoms with Crippen molar-refractivity contribution in [3.8, 4) is 11.4 Å². The van der Waals surface area contributed by atoms with Crippen molar-refractivity contribution in [1.29, 1.82) is 0 Å². The Hall–Kier alpha value is -2.23. The lowest BCUT2D eigenvalue weighted by Crippen LogP contribution is -2.13. The van der Waals surface area contributed by atoms with Gasteiger partial charge in [0.2, 0.25) is 0 Å². The molecule has 82 valence electrons. The van der Waals surface area contributed by atoms with Gasteiger partial charge in [-0.05, 0) is 24.3 Å². The van der Waals surface area contributed by atoms with Gasteiger partial charge in [-0.15, -0.1) is 0 Å². The predicted octanol–water partition coefficient (Wildman–Crippen LogP) is 1.58. The maximum Gasteiger partial charge on any atom is 0.252 e. The van der Waals surface area contributed by atoms with E-state index in [0.29, 0.717) is 11.3 Å². The standard InChI is InChI=1S/C12H12N2O2/c1-16-11-9(12(13)15)5-4-6-10(11)14-7-2-3-8-14/h2-8H,1H3,(H2,13,15). The Labute approximate surface area is 93.3 Å². The number of rotatable bonds is 3. The second-order valence-corrected chi connectivity index (χ2v) is 3.31. The first-order valence-electron chi connectivity index (χ1n) is 4.84. The van der Waals surface area contributed by atoms with E-state index in [1.54, 1.807) is 12.1 Å². The number of para-hydroxylation sites is 1. The number of ether oxygens (including phenoxy) is 1. The van der Waals surface area contributed by atoms with Crippen LogP contribution in [0.3, 0.4) is 0 Å². The van der Waals surface area contributed by atoms with E-state index in [1.807, 2.05) is 35.2 Å². The van der Waals surface area contributed by atoms with Gasteiger partial charge in [-0.2, -0.15) is 0 Å². The molecule has 0 unspecified atom stereocenters. The van der Waals surface area contributed by atoms with Crippen LogP contribution in [0.2, 0.25) is 0 Å². The summed E-state index contributed by atoms with van der Waals surface area (Å²) in [6.07, 6.45) is 3.76. The van der Waals surface area contributed by atoms with Crippen LogP contribution in [0.4, 0.5) is 0 Å². The minimum Gasteiger partial charge on any atom is -0.494 e. The molecule has 2 N–H and O–H groups in total. The van der Waals surface area contributed by atoms with Crippen LogP contribution in [-0.4, -0.2) is 17.6 Å². The molecule has 0 saturated heterocycles. The molecule has 2 rings (SSSR count). The van der Waals surface area contributed by atoms with Crippen molar-refractivity contribution in [2.24, 2.45) is 5.73 Å². The first kappa shape index (κ1) is 10.3. The molecular weight excluding hydrogens is 204 g/mol. The molecule has 1 aromatic carbocycles. The van der Waals surface area contributed by atoms with Crippen LogP contribution < -0.4 is 10.5 Å². The average Bonchev–Trinajstić information content (AvgIpc) is 2.81. The molecule has 1 aromatic heterocycles. The molecule has 1 amide bonds. The maximum absolute atomic E-state index is 11.2. The number of nitrogens with two attached hydrogens (primary N) is 1. The summed E-state index contributed by atoms with van der Waals surface area (Å²) in [4.78, 5) is 11.2. The summed E-state index contributed by atoms with van der Waals surface area (Å²) in [5, 5.41) is 0. The lowest BCUT2D eigenvalue weighted by Gasteiger charge is -2.12. The Morgan fingerprint density at radius 1 is 1.25 bits per heavy atom. The zero-order valence-electron chi connectivity index (χ0n) is 8.88. The highest BCUT2D eigenvalue weighted by atomic mass is 16.5. The monoisotopic (exact) mass is 216 g/mol. The molecule has 0 fully saturated rings. The zero-order valence-corrected chi connectivity index (χ0v) is 8.88. The average molecular weight is 216 g/mol. The molecule has 0 aliphatic heterocycles. The van der Waals surface area contributed by atoms with Crippen LogP contribution in [-0.2, 0) is 0 Å². The van der Waals surface area contributed by atoms with Gasteiger partial charge in [-0.1, -0.05) is 6.07 Å². The third-order valence-electron chi connectivity index (χ3n) is 2.35. The molecule has 0 aliphatic carbocycles. The van der Waals surface area contributed by atoms with Crippen molar-refractivity contribution in [1.82, 2.24) is 4.57 Å². The normalized spacial score (nSPS) is 10.1. The maximum atomic E-state index is 11.2. The molecular formula is C12H12N2O2. The van der Waals surface area contributed by atoms with E-state index < -0.39 is 5.91 Å². The highest BCUT2D eigenvalue weighted by molar-refractivity contribution is 5.96. The summed E-state index contributed by atoms with van der Waals surface area (Å²) >= 11 is 0. The minimum absolute atomic E-state index is 0.383. The SMILES string of the molecule is COc1c(C(N)=O)cccc1-n1cccc1. The third kappa shape index (κ3) is 1.65. The zero-order chi connectivity index (χ0) is 11.5. The Bertz CT molecular complexity index is 504. The lowest BCUT2D eigenvalue weighted by molar-refractivity contribution is 0.0997. The summed E-state index contributed by atoms with van der Waals surface area (Å²) < 4.78 is 7.11. The molecule has 0 spiro atoms. The van der Waals surface area contributed by atoms with Gasteiger partial charge in [-0.3, -0.25) is 4.79 Å². The number of amides is 1. The van der Waals surface area contributed by atoms with Crippen LogP contribution in [0.25, 0.3) is 5.69 Å². The molecule has 4 nitrogen and oxygen atoms in total. The molecule has 0 aliphatic rings. The van der Waals surface area contributed by atoms with Crippen molar-refractivity contribution in [3.63, 3.8) is 0 Å². The van der Waals surface area contributed by atoms with Crippen molar-refractivity contribution in [2.45, 2.75) is 0 Å². The van der Waals surface area contributed by atoms with Crippen LogP contribution in [0.1, 0.15) is 10.4 Å². The first-order valence-corrected chi connectivity index (χ1v) is 4.84. The fraction of sp³-hybridized carbons (Fsp3) is 0.0833. The van der Waals surface area contributed by atoms with E-state index in [0.717, 1.165) is 5.69 Å². The van der Waals surface area contributed by atoms with Crippen molar-refractivity contribution >= 4 is 5.91 Å². The number of methoxy groups -OCH3 is 1. The number of carbonyl (C=O) groups excluding carboxylic acids is 1. The van der Waals surface area contributed by atoms with Crippen LogP contribution >= 0.6 is 0 Å². The van der Waals surface area contributed by atoms with E-state index in [-0.39, 0.29) is 0 Å². The van der Waals surface area contributed by atoms with Gasteiger partial charge < -0.3 is 15.0 Å². The molecule has 16 heavy (non-hydrogen) atoms. The summed E-state index contributed by atoms with van der Waals surface area (Å²) in [6, 6.07) is 9.09. The smallest absolute Gasteiger partial charge is 0.252 e. The fourth-order valence-corrected chi connectivity index (χ4v) is 1.63. The molecule has 0 radical (unpaired) electrons. The van der Waals surface area contributed by atoms with Crippen LogP contribution in [0.15, 0.2) is 42.7 Å². The number of hydrogen-bond donors (Lipinski definition) is 1. The Kier molecular flexibility index (Phi) is 2.64. The van der Waals surface area contributed by atoms with Crippen molar-refractivity contribution in [2.75, 3.05) is 7.11 Å². The third-order valence-corrected chi connectivity index (χ3v) is 2.35. The van der Waals surface area contributed by atoms with E-state index in [1.165, 1.54) is 7.11 Å². The Morgan fingerprint density at radius 3 is 2.50 bits per heavy atom. The van der Waals surface area contributed by atoms with Crippen LogP contribution in [0, 0.1) is 0 Å². The number of benzene rings is 1. The van der Waals surface area contributed by atoms with Gasteiger partial charge in [0, 0.05) is 12.4 Å². The van der Waals surface area contributed by atoms with E-state index in [9.17, 15) is 4.79 Å². The largest absolute Gasteiger partial charge is 0.494 e. The molecule has 4 heteroatoms. The van der Waals surface area contributed by atoms with E-state index in [4.69, 9.17) is 10.5 Å². The molecule has 0 saturated carbocycles. The number of primary amides is 1. The first-order chi connectivity index (χ1) is 7.74. The lowest BCUT2D eigenvalue weighted by atomic mass is 10.1. The topological polar surface area (TPSA) is 57.2 Å². The van der Waals surface area contributed by atoms with Gasteiger partial charge in [0.25, 0.3) is 5.91 Å². The summed E-state index contributed by atoms with van der Waals surface area (Å²) in [5.41, 5.74) is 6.46. The van der Waals surface area contributed by atoms with Gasteiger partial charge in [0.05, 0.1) is 18.4 Å². The molecule has 0 bridgehead atoms. The van der Waals surface area contributed by atoms with E-state index in [2.05, 4.69) is 0 Å². The highest BCUT2D eigenvalue weighted by Gasteiger charge is 2.13. The minimum atomic E-state index is -0.495. The van der Waals surface area contributed by atoms with Gasteiger partial charge in [-0.25, -0.2) is 0 Å². The molecule has 2 aromatic rings. The quantitative estimate of drug-likeness (QED) is 0.846. The number of hydrogen-bond acceptors (Lipinski definition) is 2. The fourth-order valence-electron chi connectivity index (χ4n) is 1.63. The van der Waals surface area contributed by atoms with Crippen molar-refractivity contribution in [3.05, 3.63) is 48.3 Å². The number of aromatic nitrogens is 1. The highest BCUT2D eigenvalue weighted by Crippen LogP contribution is 2.26. The molecule has 1 heterocycles. The molecule has 0 atom stereocenters. The second kappa shape index (κ2) is 4.10. The van der Waals surface area contributed by atoms with Gasteiger partial charge >= 0.3 is 0 Å². The summed E-state index contributed by atoms with van der Waals surface area (Å²) in [7, 11) is 1.52. The van der Waals surface area contributed by atoms with E-state index >= 15 is 0 Å². The number of nitrogens with zero attached hydrogens (tertiary/aromatic N) is 1. The summed E-state index contributed by atoms with van der Waals surface area (Å²) in [5.74, 6) is -0.00273. The summed E-state index contributed by atoms with van der Waals surface area (Å²) in [6.45, 7) is 0. The predicted molar refractivity (Wildman–Crippen MR) is 60.8 cm³/mol. The van der Waals surface area contributed by atoms with Gasteiger partial charge in [0.1, 0.15) is 0 Å². The van der Waals surface area contributed by atoms with Gasteiger partial charge in [0.15, 0.2) is 5.75 Å². The second-order valence-electron chi connectivity index (χ2n) is 3.31. The Balaban J connectivity index is 2.62. The van der Waals surface area contributed by atoms with Crippen molar-refractivity contribution < 1.29 is 9.53 Å².